The first kappa shape index (κ1) is 18.7. The van der Waals surface area contributed by atoms with Gasteiger partial charge in [0.15, 0.2) is 0 Å². The Morgan fingerprint density at radius 2 is 1.96 bits per heavy atom. The fourth-order valence-electron chi connectivity index (χ4n) is 3.17. The summed E-state index contributed by atoms with van der Waals surface area (Å²) in [5.74, 6) is 0.598. The molecule has 1 unspecified atom stereocenters. The van der Waals surface area contributed by atoms with E-state index in [1.54, 1.807) is 41.3 Å². The maximum atomic E-state index is 13.2. The second-order valence-corrected chi connectivity index (χ2v) is 7.76. The SMILES string of the molecule is O=C1C(=Cc2ccc(O)c(Br)c2)N=C(c2ccc(Cl)cc2)N1C1C=CC=CC1. The highest BCUT2D eigenvalue weighted by atomic mass is 79.9. The Balaban J connectivity index is 1.77. The summed E-state index contributed by atoms with van der Waals surface area (Å²) in [5.41, 5.74) is 1.95. The molecule has 1 heterocycles. The predicted octanol–water partition coefficient (Wildman–Crippen LogP) is 5.32. The lowest BCUT2D eigenvalue weighted by atomic mass is 10.1. The third-order valence-corrected chi connectivity index (χ3v) is 5.45. The predicted molar refractivity (Wildman–Crippen MR) is 115 cm³/mol. The normalized spacial score (nSPS) is 20.1. The fraction of sp³-hybridized carbons (Fsp3) is 0.0909. The van der Waals surface area contributed by atoms with E-state index < -0.39 is 0 Å². The van der Waals surface area contributed by atoms with Crippen molar-refractivity contribution in [3.63, 3.8) is 0 Å². The fourth-order valence-corrected chi connectivity index (χ4v) is 3.69. The van der Waals surface area contributed by atoms with Crippen LogP contribution in [-0.2, 0) is 4.79 Å². The highest BCUT2D eigenvalue weighted by molar-refractivity contribution is 9.10. The number of carbonyl (C=O) groups is 1. The second kappa shape index (κ2) is 7.78. The van der Waals surface area contributed by atoms with Gasteiger partial charge in [-0.15, -0.1) is 0 Å². The Morgan fingerprint density at radius 3 is 2.64 bits per heavy atom. The number of allylic oxidation sites excluding steroid dienone is 2. The maximum Gasteiger partial charge on any atom is 0.278 e. The number of benzene rings is 2. The van der Waals surface area contributed by atoms with Gasteiger partial charge in [0.05, 0.1) is 10.5 Å². The average Bonchev–Trinajstić information content (AvgIpc) is 3.02. The van der Waals surface area contributed by atoms with Crippen LogP contribution in [0.15, 0.2) is 81.9 Å². The molecule has 0 fully saturated rings. The van der Waals surface area contributed by atoms with Crippen molar-refractivity contribution < 1.29 is 9.90 Å². The number of phenols is 1. The molecule has 2 aliphatic rings. The lowest BCUT2D eigenvalue weighted by Crippen LogP contribution is -2.41. The maximum absolute atomic E-state index is 13.2. The number of phenolic OH excluding ortho intramolecular Hbond substituents is 1. The van der Waals surface area contributed by atoms with Crippen molar-refractivity contribution in [2.45, 2.75) is 12.5 Å². The van der Waals surface area contributed by atoms with Crippen LogP contribution in [0.1, 0.15) is 17.5 Å². The minimum absolute atomic E-state index is 0.0932. The molecule has 140 valence electrons. The highest BCUT2D eigenvalue weighted by Gasteiger charge is 2.35. The number of hydrogen-bond donors (Lipinski definition) is 1. The molecule has 6 heteroatoms. The lowest BCUT2D eigenvalue weighted by Gasteiger charge is -2.27. The van der Waals surface area contributed by atoms with Gasteiger partial charge >= 0.3 is 0 Å². The molecule has 1 amide bonds. The second-order valence-electron chi connectivity index (χ2n) is 6.47. The molecule has 1 aliphatic carbocycles. The van der Waals surface area contributed by atoms with E-state index in [4.69, 9.17) is 11.6 Å². The molecule has 2 aromatic carbocycles. The zero-order chi connectivity index (χ0) is 19.7. The molecule has 1 aliphatic heterocycles. The van der Waals surface area contributed by atoms with Gasteiger partial charge < -0.3 is 5.11 Å². The van der Waals surface area contributed by atoms with E-state index in [-0.39, 0.29) is 17.7 Å². The van der Waals surface area contributed by atoms with Crippen molar-refractivity contribution in [1.82, 2.24) is 4.90 Å². The van der Waals surface area contributed by atoms with Crippen LogP contribution in [-0.4, -0.2) is 27.8 Å². The van der Waals surface area contributed by atoms with Crippen LogP contribution in [0.2, 0.25) is 5.02 Å². The van der Waals surface area contributed by atoms with Gasteiger partial charge in [0.2, 0.25) is 0 Å². The Labute approximate surface area is 176 Å². The Bertz CT molecular complexity index is 1050. The summed E-state index contributed by atoms with van der Waals surface area (Å²) < 4.78 is 0.561. The van der Waals surface area contributed by atoms with Gasteiger partial charge in [0.25, 0.3) is 5.91 Å². The van der Waals surface area contributed by atoms with Gasteiger partial charge in [-0.1, -0.05) is 42.0 Å². The first-order chi connectivity index (χ1) is 13.5. The number of aliphatic imine (C=N–C) groups is 1. The third kappa shape index (κ3) is 3.68. The molecule has 0 bridgehead atoms. The number of aromatic hydroxyl groups is 1. The van der Waals surface area contributed by atoms with Crippen molar-refractivity contribution in [2.24, 2.45) is 4.99 Å². The lowest BCUT2D eigenvalue weighted by molar-refractivity contribution is -0.123. The zero-order valence-corrected chi connectivity index (χ0v) is 17.1. The Morgan fingerprint density at radius 1 is 1.18 bits per heavy atom. The minimum atomic E-state index is -0.154. The molecule has 28 heavy (non-hydrogen) atoms. The summed E-state index contributed by atoms with van der Waals surface area (Å²) in [5, 5.41) is 10.3. The van der Waals surface area contributed by atoms with Crippen molar-refractivity contribution in [3.8, 4) is 5.75 Å². The molecule has 1 atom stereocenters. The number of rotatable bonds is 3. The highest BCUT2D eigenvalue weighted by Crippen LogP contribution is 2.29. The van der Waals surface area contributed by atoms with Crippen molar-refractivity contribution >= 4 is 45.3 Å². The van der Waals surface area contributed by atoms with E-state index >= 15 is 0 Å². The molecule has 0 saturated heterocycles. The smallest absolute Gasteiger partial charge is 0.278 e. The molecule has 4 rings (SSSR count). The van der Waals surface area contributed by atoms with Crippen LogP contribution < -0.4 is 0 Å². The molecule has 0 aromatic heterocycles. The van der Waals surface area contributed by atoms with E-state index in [1.165, 1.54) is 0 Å². The van der Waals surface area contributed by atoms with E-state index in [2.05, 4.69) is 20.9 Å². The average molecular weight is 456 g/mol. The van der Waals surface area contributed by atoms with E-state index in [0.717, 1.165) is 17.5 Å². The summed E-state index contributed by atoms with van der Waals surface area (Å²) in [6.45, 7) is 0. The topological polar surface area (TPSA) is 52.9 Å². The number of amides is 1. The number of halogens is 2. The van der Waals surface area contributed by atoms with Gasteiger partial charge in [-0.2, -0.15) is 0 Å². The number of amidine groups is 1. The molecule has 4 nitrogen and oxygen atoms in total. The zero-order valence-electron chi connectivity index (χ0n) is 14.7. The molecule has 0 spiro atoms. The summed E-state index contributed by atoms with van der Waals surface area (Å²) in [6.07, 6.45) is 10.4. The van der Waals surface area contributed by atoms with Gasteiger partial charge in [-0.25, -0.2) is 4.99 Å². The minimum Gasteiger partial charge on any atom is -0.507 e. The van der Waals surface area contributed by atoms with Crippen LogP contribution in [0.3, 0.4) is 0 Å². The number of hydrogen-bond acceptors (Lipinski definition) is 3. The first-order valence-corrected chi connectivity index (χ1v) is 9.92. The number of nitrogens with zero attached hydrogens (tertiary/aromatic N) is 2. The van der Waals surface area contributed by atoms with Crippen molar-refractivity contribution in [3.05, 3.63) is 93.1 Å². The summed E-state index contributed by atoms with van der Waals surface area (Å²) in [7, 11) is 0. The Kier molecular flexibility index (Phi) is 5.20. The molecule has 2 aromatic rings. The monoisotopic (exact) mass is 454 g/mol. The van der Waals surface area contributed by atoms with E-state index in [1.807, 2.05) is 36.4 Å². The van der Waals surface area contributed by atoms with Crippen LogP contribution >= 0.6 is 27.5 Å². The van der Waals surface area contributed by atoms with Crippen molar-refractivity contribution in [1.29, 1.82) is 0 Å². The quantitative estimate of drug-likeness (QED) is 0.637. The number of carbonyl (C=O) groups excluding carboxylic acids is 1. The molecule has 1 N–H and O–H groups in total. The Hall–Kier alpha value is -2.63. The summed E-state index contributed by atoms with van der Waals surface area (Å²) in [4.78, 5) is 19.6. The van der Waals surface area contributed by atoms with Crippen LogP contribution in [0.4, 0.5) is 0 Å². The standard InChI is InChI=1S/C22H16BrClN2O2/c23-18-12-14(6-11-20(18)27)13-19-22(28)26(17-4-2-1-3-5-17)21(25-19)15-7-9-16(24)10-8-15/h1-4,6-13,17,27H,5H2. The summed E-state index contributed by atoms with van der Waals surface area (Å²) in [6, 6.07) is 12.3. The third-order valence-electron chi connectivity index (χ3n) is 4.56. The van der Waals surface area contributed by atoms with Gasteiger partial charge in [-0.05, 0) is 70.4 Å². The van der Waals surface area contributed by atoms with Gasteiger partial charge in [-0.3, -0.25) is 9.69 Å². The van der Waals surface area contributed by atoms with Crippen molar-refractivity contribution in [2.75, 3.05) is 0 Å². The molecular weight excluding hydrogens is 440 g/mol. The molecular formula is C22H16BrClN2O2. The summed E-state index contributed by atoms with van der Waals surface area (Å²) >= 11 is 9.32. The molecule has 0 radical (unpaired) electrons. The van der Waals surface area contributed by atoms with Crippen LogP contribution in [0, 0.1) is 0 Å². The van der Waals surface area contributed by atoms with Gasteiger partial charge in [0.1, 0.15) is 17.3 Å². The van der Waals surface area contributed by atoms with E-state index in [9.17, 15) is 9.90 Å². The van der Waals surface area contributed by atoms with E-state index in [0.29, 0.717) is 21.0 Å². The van der Waals surface area contributed by atoms with Crippen LogP contribution in [0.5, 0.6) is 5.75 Å². The van der Waals surface area contributed by atoms with Crippen LogP contribution in [0.25, 0.3) is 6.08 Å². The molecule has 0 saturated carbocycles. The first-order valence-electron chi connectivity index (χ1n) is 8.74. The largest absolute Gasteiger partial charge is 0.507 e. The van der Waals surface area contributed by atoms with Gasteiger partial charge in [0, 0.05) is 10.6 Å².